The van der Waals surface area contributed by atoms with Crippen molar-refractivity contribution in [2.75, 3.05) is 6.54 Å². The van der Waals surface area contributed by atoms with Crippen molar-refractivity contribution in [1.29, 1.82) is 0 Å². The molecule has 0 radical (unpaired) electrons. The molecule has 0 saturated heterocycles. The third kappa shape index (κ3) is 7.25. The van der Waals surface area contributed by atoms with Gasteiger partial charge in [0.2, 0.25) is 0 Å². The second kappa shape index (κ2) is 5.75. The van der Waals surface area contributed by atoms with Gasteiger partial charge in [0.25, 0.3) is 0 Å². The van der Waals surface area contributed by atoms with Gasteiger partial charge < -0.3 is 10.1 Å². The Labute approximate surface area is 76.1 Å². The summed E-state index contributed by atoms with van der Waals surface area (Å²) in [5, 5.41) is 3.07. The van der Waals surface area contributed by atoms with Crippen molar-refractivity contribution in [3.8, 4) is 0 Å². The van der Waals surface area contributed by atoms with Gasteiger partial charge in [-0.3, -0.25) is 0 Å². The van der Waals surface area contributed by atoms with E-state index in [1.807, 2.05) is 21.7 Å². The van der Waals surface area contributed by atoms with Crippen LogP contribution in [0.2, 0.25) is 0 Å². The van der Waals surface area contributed by atoms with Gasteiger partial charge in [0.1, 0.15) is 7.85 Å². The third-order valence-electron chi connectivity index (χ3n) is 1.25. The van der Waals surface area contributed by atoms with Gasteiger partial charge >= 0.3 is 0 Å². The van der Waals surface area contributed by atoms with E-state index in [-0.39, 0.29) is 6.10 Å². The Hall–Kier alpha value is -0.855. The van der Waals surface area contributed by atoms with Gasteiger partial charge in [-0.1, -0.05) is 0 Å². The van der Waals surface area contributed by atoms with Crippen LogP contribution in [0.5, 0.6) is 0 Å². The molecule has 3 heteroatoms. The summed E-state index contributed by atoms with van der Waals surface area (Å²) in [5.74, 6) is 0.645. The molecule has 0 unspecified atom stereocenters. The fourth-order valence-electron chi connectivity index (χ4n) is 0.741. The molecule has 0 spiro atoms. The van der Waals surface area contributed by atoms with Gasteiger partial charge in [0.15, 0.2) is 5.88 Å². The maximum atomic E-state index is 5.30. The first-order valence-electron chi connectivity index (χ1n) is 4.26. The Balaban J connectivity index is 3.38. The zero-order chi connectivity index (χ0) is 9.56. The number of nitrogens with one attached hydrogen (secondary N) is 1. The predicted octanol–water partition coefficient (Wildman–Crippen LogP) is 1.01. The van der Waals surface area contributed by atoms with Crippen LogP contribution in [0.3, 0.4) is 0 Å². The van der Waals surface area contributed by atoms with Crippen LogP contribution in [0.4, 0.5) is 0 Å². The quantitative estimate of drug-likeness (QED) is 0.470. The Morgan fingerprint density at radius 1 is 1.50 bits per heavy atom. The molecule has 12 heavy (non-hydrogen) atoms. The molecule has 0 bridgehead atoms. The SMILES string of the molecule is BC(=C)CCNC(=C)OC(C)C. The van der Waals surface area contributed by atoms with Gasteiger partial charge in [-0.05, 0) is 26.8 Å². The minimum absolute atomic E-state index is 0.190. The minimum Gasteiger partial charge on any atom is -0.477 e. The predicted molar refractivity (Wildman–Crippen MR) is 55.7 cm³/mol. The smallest absolute Gasteiger partial charge is 0.179 e. The molecule has 0 aromatic heterocycles. The first-order valence-corrected chi connectivity index (χ1v) is 4.26. The van der Waals surface area contributed by atoms with Crippen LogP contribution in [0.25, 0.3) is 0 Å². The zero-order valence-electron chi connectivity index (χ0n) is 8.31. The molecule has 0 atom stereocenters. The van der Waals surface area contributed by atoms with E-state index in [1.165, 1.54) is 5.47 Å². The molecular formula is C9H18BNO. The molecule has 0 fully saturated rings. The Morgan fingerprint density at radius 2 is 2.08 bits per heavy atom. The first-order chi connectivity index (χ1) is 5.52. The Kier molecular flexibility index (Phi) is 5.34. The summed E-state index contributed by atoms with van der Waals surface area (Å²) >= 11 is 0. The lowest BCUT2D eigenvalue weighted by atomic mass is 9.95. The summed E-state index contributed by atoms with van der Waals surface area (Å²) < 4.78 is 5.30. The molecule has 0 aliphatic carbocycles. The first kappa shape index (κ1) is 11.1. The molecule has 68 valence electrons. The van der Waals surface area contributed by atoms with Crippen LogP contribution in [0.1, 0.15) is 20.3 Å². The largest absolute Gasteiger partial charge is 0.477 e. The second-order valence-electron chi connectivity index (χ2n) is 3.22. The topological polar surface area (TPSA) is 21.3 Å². The highest BCUT2D eigenvalue weighted by Gasteiger charge is 1.96. The van der Waals surface area contributed by atoms with Crippen LogP contribution in [-0.4, -0.2) is 20.5 Å². The lowest BCUT2D eigenvalue weighted by Gasteiger charge is -2.13. The average molecular weight is 167 g/mol. The fourth-order valence-corrected chi connectivity index (χ4v) is 0.741. The van der Waals surface area contributed by atoms with Gasteiger partial charge in [-0.25, -0.2) is 0 Å². The summed E-state index contributed by atoms with van der Waals surface area (Å²) in [6.07, 6.45) is 1.15. The zero-order valence-corrected chi connectivity index (χ0v) is 8.31. The van der Waals surface area contributed by atoms with Gasteiger partial charge in [0, 0.05) is 6.54 Å². The lowest BCUT2D eigenvalue weighted by Crippen LogP contribution is -2.19. The molecule has 0 aliphatic rings. The summed E-state index contributed by atoms with van der Waals surface area (Å²) in [6, 6.07) is 0. The monoisotopic (exact) mass is 167 g/mol. The molecule has 0 aliphatic heterocycles. The van der Waals surface area contributed by atoms with E-state index in [0.29, 0.717) is 5.88 Å². The fraction of sp³-hybridized carbons (Fsp3) is 0.556. The summed E-state index contributed by atoms with van der Waals surface area (Å²) in [5.41, 5.74) is 1.17. The van der Waals surface area contributed by atoms with E-state index in [9.17, 15) is 0 Å². The molecule has 0 aromatic carbocycles. The highest BCUT2D eigenvalue weighted by molar-refractivity contribution is 6.21. The van der Waals surface area contributed by atoms with Crippen molar-refractivity contribution >= 4 is 7.85 Å². The normalized spacial score (nSPS) is 9.58. The van der Waals surface area contributed by atoms with Crippen molar-refractivity contribution in [3.05, 3.63) is 24.5 Å². The highest BCUT2D eigenvalue weighted by atomic mass is 16.5. The van der Waals surface area contributed by atoms with E-state index in [2.05, 4.69) is 18.5 Å². The van der Waals surface area contributed by atoms with Crippen LogP contribution < -0.4 is 5.32 Å². The van der Waals surface area contributed by atoms with E-state index < -0.39 is 0 Å². The van der Waals surface area contributed by atoms with Crippen LogP contribution in [0.15, 0.2) is 24.5 Å². The molecular weight excluding hydrogens is 149 g/mol. The van der Waals surface area contributed by atoms with E-state index in [0.717, 1.165) is 13.0 Å². The number of hydrogen-bond donors (Lipinski definition) is 1. The number of hydrogen-bond acceptors (Lipinski definition) is 2. The maximum absolute atomic E-state index is 5.30. The highest BCUT2D eigenvalue weighted by Crippen LogP contribution is 1.96. The van der Waals surface area contributed by atoms with Crippen molar-refractivity contribution in [2.45, 2.75) is 26.4 Å². The van der Waals surface area contributed by atoms with E-state index in [1.54, 1.807) is 0 Å². The van der Waals surface area contributed by atoms with Gasteiger partial charge in [-0.2, -0.15) is 0 Å². The molecule has 0 aromatic rings. The van der Waals surface area contributed by atoms with Crippen molar-refractivity contribution in [3.63, 3.8) is 0 Å². The summed E-state index contributed by atoms with van der Waals surface area (Å²) in [4.78, 5) is 0. The summed E-state index contributed by atoms with van der Waals surface area (Å²) in [6.45, 7) is 12.3. The van der Waals surface area contributed by atoms with E-state index >= 15 is 0 Å². The minimum atomic E-state index is 0.190. The van der Waals surface area contributed by atoms with Gasteiger partial charge in [0.05, 0.1) is 6.10 Å². The molecule has 2 nitrogen and oxygen atoms in total. The lowest BCUT2D eigenvalue weighted by molar-refractivity contribution is 0.132. The molecule has 0 rings (SSSR count). The molecule has 0 amide bonds. The second-order valence-corrected chi connectivity index (χ2v) is 3.22. The van der Waals surface area contributed by atoms with Crippen LogP contribution >= 0.6 is 0 Å². The van der Waals surface area contributed by atoms with Gasteiger partial charge in [-0.15, -0.1) is 12.1 Å². The van der Waals surface area contributed by atoms with Crippen molar-refractivity contribution in [2.24, 2.45) is 0 Å². The van der Waals surface area contributed by atoms with E-state index in [4.69, 9.17) is 4.74 Å². The molecule has 0 heterocycles. The molecule has 0 saturated carbocycles. The Bertz CT molecular complexity index is 166. The van der Waals surface area contributed by atoms with Crippen LogP contribution in [0, 0.1) is 0 Å². The van der Waals surface area contributed by atoms with Crippen LogP contribution in [-0.2, 0) is 4.74 Å². The van der Waals surface area contributed by atoms with Crippen molar-refractivity contribution in [1.82, 2.24) is 5.32 Å². The average Bonchev–Trinajstić information content (AvgIpc) is 1.84. The number of rotatable bonds is 6. The number of ether oxygens (including phenoxy) is 1. The standard InChI is InChI=1S/C9H18BNO/c1-7(2)12-9(4)11-6-5-8(3)10/h7,11H,3-6,10H2,1-2H3. The summed E-state index contributed by atoms with van der Waals surface area (Å²) in [7, 11) is 2.01. The Morgan fingerprint density at radius 3 is 2.50 bits per heavy atom. The molecule has 1 N–H and O–H groups in total. The maximum Gasteiger partial charge on any atom is 0.179 e. The third-order valence-corrected chi connectivity index (χ3v) is 1.25. The van der Waals surface area contributed by atoms with Crippen molar-refractivity contribution < 1.29 is 4.74 Å².